The lowest BCUT2D eigenvalue weighted by molar-refractivity contribution is 0.108. The number of hydrogen-bond acceptors (Lipinski definition) is 2. The van der Waals surface area contributed by atoms with Gasteiger partial charge in [0.15, 0.2) is 0 Å². The summed E-state index contributed by atoms with van der Waals surface area (Å²) in [6.45, 7) is 0.446. The molecule has 0 aliphatic heterocycles. The second-order valence-corrected chi connectivity index (χ2v) is 5.78. The van der Waals surface area contributed by atoms with Crippen LogP contribution in [0.4, 0.5) is 0 Å². The number of ether oxygens (including phenoxy) is 1. The van der Waals surface area contributed by atoms with Gasteiger partial charge < -0.3 is 4.74 Å². The summed E-state index contributed by atoms with van der Waals surface area (Å²) in [6.07, 6.45) is 0. The molecule has 0 N–H and O–H groups in total. The molecule has 0 unspecified atom stereocenters. The standard InChI is InChI=1S/C14H9Cl2IO2/c15-11-4-1-9(2-5-11)8-19-13-6-3-10(14(16)18)7-12(13)17/h1-7H,8H2. The highest BCUT2D eigenvalue weighted by Gasteiger charge is 2.07. The van der Waals surface area contributed by atoms with Gasteiger partial charge in [-0.2, -0.15) is 0 Å². The molecule has 0 spiro atoms. The third-order valence-electron chi connectivity index (χ3n) is 2.47. The van der Waals surface area contributed by atoms with E-state index in [1.165, 1.54) is 0 Å². The minimum Gasteiger partial charge on any atom is -0.488 e. The second-order valence-electron chi connectivity index (χ2n) is 3.83. The maximum Gasteiger partial charge on any atom is 0.252 e. The molecule has 2 nitrogen and oxygen atoms in total. The van der Waals surface area contributed by atoms with Crippen LogP contribution in [0.25, 0.3) is 0 Å². The highest BCUT2D eigenvalue weighted by molar-refractivity contribution is 14.1. The van der Waals surface area contributed by atoms with E-state index in [1.807, 2.05) is 24.3 Å². The van der Waals surface area contributed by atoms with Crippen LogP contribution in [0.15, 0.2) is 42.5 Å². The smallest absolute Gasteiger partial charge is 0.252 e. The molecule has 0 aliphatic rings. The Hall–Kier alpha value is -0.780. The van der Waals surface area contributed by atoms with Crippen molar-refractivity contribution in [2.24, 2.45) is 0 Å². The Morgan fingerprint density at radius 1 is 1.16 bits per heavy atom. The molecule has 0 bridgehead atoms. The lowest BCUT2D eigenvalue weighted by atomic mass is 10.2. The lowest BCUT2D eigenvalue weighted by Gasteiger charge is -2.09. The van der Waals surface area contributed by atoms with Crippen molar-refractivity contribution < 1.29 is 9.53 Å². The molecule has 2 aromatic carbocycles. The number of hydrogen-bond donors (Lipinski definition) is 0. The Labute approximate surface area is 134 Å². The van der Waals surface area contributed by atoms with Crippen LogP contribution in [0.2, 0.25) is 5.02 Å². The van der Waals surface area contributed by atoms with Gasteiger partial charge in [0.25, 0.3) is 5.24 Å². The third-order valence-corrected chi connectivity index (χ3v) is 3.78. The Morgan fingerprint density at radius 2 is 1.84 bits per heavy atom. The van der Waals surface area contributed by atoms with Gasteiger partial charge in [0, 0.05) is 10.6 Å². The SMILES string of the molecule is O=C(Cl)c1ccc(OCc2ccc(Cl)cc2)c(I)c1. The number of carbonyl (C=O) groups excluding carboxylic acids is 1. The van der Waals surface area contributed by atoms with Crippen LogP contribution in [0.3, 0.4) is 0 Å². The molecular formula is C14H9Cl2IO2. The second kappa shape index (κ2) is 6.59. The number of carbonyl (C=O) groups is 1. The van der Waals surface area contributed by atoms with Crippen molar-refractivity contribution in [3.05, 3.63) is 62.2 Å². The molecule has 19 heavy (non-hydrogen) atoms. The first-order valence-corrected chi connectivity index (χ1v) is 7.26. The maximum atomic E-state index is 11.0. The normalized spacial score (nSPS) is 10.3. The lowest BCUT2D eigenvalue weighted by Crippen LogP contribution is -1.98. The third kappa shape index (κ3) is 4.09. The Bertz CT molecular complexity index is 597. The van der Waals surface area contributed by atoms with Crippen molar-refractivity contribution in [1.82, 2.24) is 0 Å². The first kappa shape index (κ1) is 14.6. The Balaban J connectivity index is 2.07. The molecular weight excluding hydrogens is 398 g/mol. The molecule has 0 saturated carbocycles. The van der Waals surface area contributed by atoms with Crippen LogP contribution in [-0.2, 0) is 6.61 Å². The van der Waals surface area contributed by atoms with Crippen molar-refractivity contribution in [3.8, 4) is 5.75 Å². The zero-order valence-electron chi connectivity index (χ0n) is 9.70. The molecule has 0 fully saturated rings. The average molecular weight is 407 g/mol. The van der Waals surface area contributed by atoms with Gasteiger partial charge in [-0.1, -0.05) is 23.7 Å². The fraction of sp³-hybridized carbons (Fsp3) is 0.0714. The molecule has 0 aromatic heterocycles. The fourth-order valence-electron chi connectivity index (χ4n) is 1.48. The van der Waals surface area contributed by atoms with Crippen molar-refractivity contribution in [2.45, 2.75) is 6.61 Å². The van der Waals surface area contributed by atoms with Gasteiger partial charge in [0.1, 0.15) is 12.4 Å². The molecule has 2 rings (SSSR count). The predicted molar refractivity (Wildman–Crippen MR) is 85.1 cm³/mol. The van der Waals surface area contributed by atoms with E-state index in [4.69, 9.17) is 27.9 Å². The number of halogens is 3. The van der Waals surface area contributed by atoms with Gasteiger partial charge in [-0.05, 0) is 70.1 Å². The van der Waals surface area contributed by atoms with Crippen molar-refractivity contribution in [1.29, 1.82) is 0 Å². The molecule has 0 atom stereocenters. The fourth-order valence-corrected chi connectivity index (χ4v) is 2.40. The monoisotopic (exact) mass is 406 g/mol. The molecule has 98 valence electrons. The first-order chi connectivity index (χ1) is 9.06. The van der Waals surface area contributed by atoms with Crippen molar-refractivity contribution >= 4 is 51.0 Å². The highest BCUT2D eigenvalue weighted by Crippen LogP contribution is 2.24. The summed E-state index contributed by atoms with van der Waals surface area (Å²) in [5.74, 6) is 0.720. The van der Waals surface area contributed by atoms with Gasteiger partial charge in [-0.3, -0.25) is 4.79 Å². The van der Waals surface area contributed by atoms with E-state index >= 15 is 0 Å². The van der Waals surface area contributed by atoms with Crippen LogP contribution in [0.5, 0.6) is 5.75 Å². The van der Waals surface area contributed by atoms with Crippen LogP contribution in [-0.4, -0.2) is 5.24 Å². The molecule has 0 heterocycles. The summed E-state index contributed by atoms with van der Waals surface area (Å²) in [5, 5.41) is 0.227. The summed E-state index contributed by atoms with van der Waals surface area (Å²) < 4.78 is 6.54. The molecule has 5 heteroatoms. The maximum absolute atomic E-state index is 11.0. The van der Waals surface area contributed by atoms with Crippen molar-refractivity contribution in [3.63, 3.8) is 0 Å². The topological polar surface area (TPSA) is 26.3 Å². The van der Waals surface area contributed by atoms with E-state index in [9.17, 15) is 4.79 Å². The van der Waals surface area contributed by atoms with E-state index in [2.05, 4.69) is 22.6 Å². The first-order valence-electron chi connectivity index (χ1n) is 5.43. The van der Waals surface area contributed by atoms with Gasteiger partial charge in [0.05, 0.1) is 3.57 Å². The van der Waals surface area contributed by atoms with E-state index < -0.39 is 5.24 Å². The van der Waals surface area contributed by atoms with Gasteiger partial charge in [0.2, 0.25) is 0 Å². The molecule has 0 saturated heterocycles. The highest BCUT2D eigenvalue weighted by atomic mass is 127. The van der Waals surface area contributed by atoms with Crippen LogP contribution >= 0.6 is 45.8 Å². The summed E-state index contributed by atoms with van der Waals surface area (Å²) in [7, 11) is 0. The van der Waals surface area contributed by atoms with Crippen molar-refractivity contribution in [2.75, 3.05) is 0 Å². The van der Waals surface area contributed by atoms with Crippen LogP contribution in [0, 0.1) is 3.57 Å². The quantitative estimate of drug-likeness (QED) is 0.533. The molecule has 0 amide bonds. The zero-order chi connectivity index (χ0) is 13.8. The molecule has 2 aromatic rings. The Kier molecular flexibility index (Phi) is 5.07. The van der Waals surface area contributed by atoms with E-state index in [-0.39, 0.29) is 0 Å². The summed E-state index contributed by atoms with van der Waals surface area (Å²) in [4.78, 5) is 11.0. The number of benzene rings is 2. The summed E-state index contributed by atoms with van der Waals surface area (Å²) in [5.41, 5.74) is 1.49. The number of rotatable bonds is 4. The Morgan fingerprint density at radius 3 is 2.42 bits per heavy atom. The average Bonchev–Trinajstić information content (AvgIpc) is 2.39. The molecule has 0 radical (unpaired) electrons. The van der Waals surface area contributed by atoms with E-state index in [0.717, 1.165) is 14.9 Å². The summed E-state index contributed by atoms with van der Waals surface area (Å²) >= 11 is 13.3. The summed E-state index contributed by atoms with van der Waals surface area (Å²) in [6, 6.07) is 12.5. The van der Waals surface area contributed by atoms with Gasteiger partial charge >= 0.3 is 0 Å². The molecule has 0 aliphatic carbocycles. The van der Waals surface area contributed by atoms with E-state index in [1.54, 1.807) is 18.2 Å². The van der Waals surface area contributed by atoms with Crippen LogP contribution in [0.1, 0.15) is 15.9 Å². The zero-order valence-corrected chi connectivity index (χ0v) is 13.4. The minimum atomic E-state index is -0.470. The van der Waals surface area contributed by atoms with Gasteiger partial charge in [-0.15, -0.1) is 0 Å². The van der Waals surface area contributed by atoms with E-state index in [0.29, 0.717) is 17.2 Å². The van der Waals surface area contributed by atoms with Crippen LogP contribution < -0.4 is 4.74 Å². The van der Waals surface area contributed by atoms with Gasteiger partial charge in [-0.25, -0.2) is 0 Å². The minimum absolute atomic E-state index is 0.446. The predicted octanol–water partition coefficient (Wildman–Crippen LogP) is 4.90. The largest absolute Gasteiger partial charge is 0.488 e.